The summed E-state index contributed by atoms with van der Waals surface area (Å²) in [5, 5.41) is 3.92. The molecule has 0 aliphatic carbocycles. The van der Waals surface area contributed by atoms with Crippen molar-refractivity contribution >= 4 is 28.4 Å². The predicted molar refractivity (Wildman–Crippen MR) is 60.7 cm³/mol. The Hall–Kier alpha value is -0.510. The van der Waals surface area contributed by atoms with Crippen molar-refractivity contribution in [2.24, 2.45) is 7.05 Å². The zero-order valence-electron chi connectivity index (χ0n) is 8.51. The van der Waals surface area contributed by atoms with Crippen molar-refractivity contribution in [2.45, 2.75) is 19.2 Å². The number of rotatable bonds is 4. The van der Waals surface area contributed by atoms with Crippen molar-refractivity contribution in [1.82, 2.24) is 9.78 Å². The van der Waals surface area contributed by atoms with Crippen LogP contribution in [0.5, 0.6) is 0 Å². The molecule has 0 spiro atoms. The lowest BCUT2D eigenvalue weighted by Gasteiger charge is -2.07. The maximum atomic E-state index is 11.8. The molecule has 0 saturated carbocycles. The smallest absolute Gasteiger partial charge is 0.381 e. The second-order valence-corrected chi connectivity index (χ2v) is 4.27. The standard InChI is InChI=1S/C8H11F3IN3O/c1-15-5(6(12)7(13)14-15)4-16-3-2-8(9,10)11/h2-4H2,1H3,(H2,13,14). The summed E-state index contributed by atoms with van der Waals surface area (Å²) in [5.41, 5.74) is 6.22. The zero-order chi connectivity index (χ0) is 12.3. The highest BCUT2D eigenvalue weighted by Gasteiger charge is 2.26. The number of halogens is 4. The van der Waals surface area contributed by atoms with Crippen LogP contribution in [0.25, 0.3) is 0 Å². The fraction of sp³-hybridized carbons (Fsp3) is 0.625. The van der Waals surface area contributed by atoms with Crippen molar-refractivity contribution in [3.63, 3.8) is 0 Å². The van der Waals surface area contributed by atoms with Gasteiger partial charge in [0.1, 0.15) is 0 Å². The number of alkyl halides is 3. The summed E-state index contributed by atoms with van der Waals surface area (Å²) in [7, 11) is 1.67. The molecule has 0 aliphatic rings. The first-order valence-corrected chi connectivity index (χ1v) is 5.50. The Kier molecular flexibility index (Phi) is 4.42. The van der Waals surface area contributed by atoms with Gasteiger partial charge in [-0.3, -0.25) is 4.68 Å². The van der Waals surface area contributed by atoms with Gasteiger partial charge >= 0.3 is 6.18 Å². The summed E-state index contributed by atoms with van der Waals surface area (Å²) in [6, 6.07) is 0. The van der Waals surface area contributed by atoms with Gasteiger partial charge in [-0.05, 0) is 22.6 Å². The van der Waals surface area contributed by atoms with Gasteiger partial charge in [-0.2, -0.15) is 18.3 Å². The number of aryl methyl sites for hydroxylation is 1. The molecule has 4 nitrogen and oxygen atoms in total. The first-order valence-electron chi connectivity index (χ1n) is 4.42. The Bertz CT molecular complexity index is 364. The number of ether oxygens (including phenoxy) is 1. The molecule has 1 aromatic rings. The van der Waals surface area contributed by atoms with Gasteiger partial charge in [0, 0.05) is 7.05 Å². The van der Waals surface area contributed by atoms with Crippen LogP contribution < -0.4 is 5.73 Å². The molecule has 0 bridgehead atoms. The van der Waals surface area contributed by atoms with Crippen molar-refractivity contribution in [2.75, 3.05) is 12.3 Å². The zero-order valence-corrected chi connectivity index (χ0v) is 10.7. The molecule has 8 heteroatoms. The average molecular weight is 349 g/mol. The summed E-state index contributed by atoms with van der Waals surface area (Å²) in [6.07, 6.45) is -5.13. The molecule has 0 saturated heterocycles. The van der Waals surface area contributed by atoms with E-state index < -0.39 is 12.6 Å². The van der Waals surface area contributed by atoms with Gasteiger partial charge < -0.3 is 10.5 Å². The Morgan fingerprint density at radius 2 is 2.12 bits per heavy atom. The van der Waals surface area contributed by atoms with Gasteiger partial charge in [-0.15, -0.1) is 0 Å². The molecule has 2 N–H and O–H groups in total. The third-order valence-corrected chi connectivity index (χ3v) is 3.07. The summed E-state index contributed by atoms with van der Waals surface area (Å²) in [5.74, 6) is 0.359. The Morgan fingerprint density at radius 1 is 1.50 bits per heavy atom. The minimum atomic E-state index is -4.18. The molecule has 1 heterocycles. The molecule has 0 amide bonds. The van der Waals surface area contributed by atoms with E-state index in [1.54, 1.807) is 7.05 Å². The van der Waals surface area contributed by atoms with Gasteiger partial charge in [0.05, 0.1) is 28.9 Å². The molecular formula is C8H11F3IN3O. The maximum absolute atomic E-state index is 11.8. The third kappa shape index (κ3) is 3.81. The molecule has 0 unspecified atom stereocenters. The Balaban J connectivity index is 2.43. The summed E-state index contributed by atoms with van der Waals surface area (Å²) < 4.78 is 42.6. The number of aromatic nitrogens is 2. The van der Waals surface area contributed by atoms with Crippen LogP contribution in [0.3, 0.4) is 0 Å². The monoisotopic (exact) mass is 349 g/mol. The highest BCUT2D eigenvalue weighted by atomic mass is 127. The van der Waals surface area contributed by atoms with Crippen molar-refractivity contribution in [3.05, 3.63) is 9.26 Å². The predicted octanol–water partition coefficient (Wildman–Crippen LogP) is 2.08. The molecule has 0 radical (unpaired) electrons. The Labute approximate surface area is 104 Å². The Morgan fingerprint density at radius 3 is 2.56 bits per heavy atom. The van der Waals surface area contributed by atoms with Gasteiger partial charge in [-0.1, -0.05) is 0 Å². The van der Waals surface area contributed by atoms with Gasteiger partial charge in [0.15, 0.2) is 5.82 Å². The SMILES string of the molecule is Cn1nc(N)c(I)c1COCCC(F)(F)F. The van der Waals surface area contributed by atoms with E-state index in [1.807, 2.05) is 22.6 Å². The minimum Gasteiger partial charge on any atom is -0.381 e. The molecule has 1 aromatic heterocycles. The molecule has 0 aliphatic heterocycles. The molecule has 1 rings (SSSR count). The second kappa shape index (κ2) is 5.21. The van der Waals surface area contributed by atoms with Crippen LogP contribution in [-0.2, 0) is 18.4 Å². The van der Waals surface area contributed by atoms with Gasteiger partial charge in [-0.25, -0.2) is 0 Å². The quantitative estimate of drug-likeness (QED) is 0.669. The van der Waals surface area contributed by atoms with Crippen LogP contribution in [0.1, 0.15) is 12.1 Å². The molecule has 0 fully saturated rings. The summed E-state index contributed by atoms with van der Waals surface area (Å²) >= 11 is 1.98. The number of nitrogen functional groups attached to an aromatic ring is 1. The number of nitrogens with zero attached hydrogens (tertiary/aromatic N) is 2. The van der Waals surface area contributed by atoms with E-state index in [0.717, 1.165) is 0 Å². The average Bonchev–Trinajstić information content (AvgIpc) is 2.36. The highest BCUT2D eigenvalue weighted by molar-refractivity contribution is 14.1. The lowest BCUT2D eigenvalue weighted by atomic mass is 10.4. The van der Waals surface area contributed by atoms with Crippen LogP contribution in [0, 0.1) is 3.57 Å². The number of anilines is 1. The van der Waals surface area contributed by atoms with E-state index in [0.29, 0.717) is 15.1 Å². The van der Waals surface area contributed by atoms with E-state index in [4.69, 9.17) is 10.5 Å². The lowest BCUT2D eigenvalue weighted by Crippen LogP contribution is -2.12. The number of nitrogens with two attached hydrogens (primary N) is 1. The largest absolute Gasteiger partial charge is 0.391 e. The highest BCUT2D eigenvalue weighted by Crippen LogP contribution is 2.21. The first-order chi connectivity index (χ1) is 7.31. The van der Waals surface area contributed by atoms with Crippen LogP contribution in [0.4, 0.5) is 19.0 Å². The van der Waals surface area contributed by atoms with Crippen LogP contribution in [0.15, 0.2) is 0 Å². The fourth-order valence-electron chi connectivity index (χ4n) is 1.07. The van der Waals surface area contributed by atoms with Crippen molar-refractivity contribution < 1.29 is 17.9 Å². The summed E-state index contributed by atoms with van der Waals surface area (Å²) in [6.45, 7) is -0.278. The number of hydrogen-bond acceptors (Lipinski definition) is 3. The second-order valence-electron chi connectivity index (χ2n) is 3.19. The molecule has 16 heavy (non-hydrogen) atoms. The fourth-order valence-corrected chi connectivity index (χ4v) is 1.68. The topological polar surface area (TPSA) is 53.1 Å². The van der Waals surface area contributed by atoms with Gasteiger partial charge in [0.25, 0.3) is 0 Å². The molecule has 0 aromatic carbocycles. The summed E-state index contributed by atoms with van der Waals surface area (Å²) in [4.78, 5) is 0. The van der Waals surface area contributed by atoms with Crippen molar-refractivity contribution in [1.29, 1.82) is 0 Å². The third-order valence-electron chi connectivity index (χ3n) is 1.90. The molecule has 92 valence electrons. The van der Waals surface area contributed by atoms with Crippen LogP contribution in [-0.4, -0.2) is 22.6 Å². The van der Waals surface area contributed by atoms with Crippen LogP contribution >= 0.6 is 22.6 Å². The van der Waals surface area contributed by atoms with E-state index in [-0.39, 0.29) is 13.2 Å². The molecule has 0 atom stereocenters. The number of hydrogen-bond donors (Lipinski definition) is 1. The van der Waals surface area contributed by atoms with E-state index >= 15 is 0 Å². The van der Waals surface area contributed by atoms with E-state index in [9.17, 15) is 13.2 Å². The minimum absolute atomic E-state index is 0.0784. The lowest BCUT2D eigenvalue weighted by molar-refractivity contribution is -0.146. The first kappa shape index (κ1) is 13.6. The van der Waals surface area contributed by atoms with Gasteiger partial charge in [0.2, 0.25) is 0 Å². The van der Waals surface area contributed by atoms with Crippen molar-refractivity contribution in [3.8, 4) is 0 Å². The molecular weight excluding hydrogens is 338 g/mol. The van der Waals surface area contributed by atoms with E-state index in [2.05, 4.69) is 5.10 Å². The normalized spacial score (nSPS) is 12.1. The van der Waals surface area contributed by atoms with E-state index in [1.165, 1.54) is 4.68 Å². The maximum Gasteiger partial charge on any atom is 0.391 e. The van der Waals surface area contributed by atoms with Crippen LogP contribution in [0.2, 0.25) is 0 Å².